The minimum Gasteiger partial charge on any atom is -0.381 e. The molecule has 2 nitrogen and oxygen atoms in total. The molecule has 19 heavy (non-hydrogen) atoms. The van der Waals surface area contributed by atoms with Gasteiger partial charge in [-0.2, -0.15) is 5.26 Å². The molecule has 0 saturated carbocycles. The lowest BCUT2D eigenvalue weighted by Crippen LogP contribution is -2.00. The van der Waals surface area contributed by atoms with Gasteiger partial charge in [0.15, 0.2) is 0 Å². The van der Waals surface area contributed by atoms with Gasteiger partial charge in [0.05, 0.1) is 10.6 Å². The van der Waals surface area contributed by atoms with Crippen LogP contribution in [0.1, 0.15) is 16.7 Å². The van der Waals surface area contributed by atoms with E-state index in [4.69, 9.17) is 16.9 Å². The number of aryl methyl sites for hydroxylation is 1. The van der Waals surface area contributed by atoms with Gasteiger partial charge in [0.1, 0.15) is 6.07 Å². The average Bonchev–Trinajstić information content (AvgIpc) is 2.41. The lowest BCUT2D eigenvalue weighted by molar-refractivity contribution is 1.14. The van der Waals surface area contributed by atoms with Crippen LogP contribution in [-0.2, 0) is 6.54 Å². The third-order valence-corrected chi connectivity index (χ3v) is 4.03. The highest BCUT2D eigenvalue weighted by Crippen LogP contribution is 2.21. The maximum absolute atomic E-state index is 8.93. The lowest BCUT2D eigenvalue weighted by Gasteiger charge is -2.09. The van der Waals surface area contributed by atoms with Gasteiger partial charge in [-0.1, -0.05) is 39.7 Å². The van der Waals surface area contributed by atoms with E-state index in [1.807, 2.05) is 12.1 Å². The van der Waals surface area contributed by atoms with E-state index in [0.717, 1.165) is 10.2 Å². The molecule has 0 heterocycles. The molecule has 96 valence electrons. The zero-order valence-corrected chi connectivity index (χ0v) is 12.7. The molecule has 2 aromatic carbocycles. The van der Waals surface area contributed by atoms with Crippen molar-refractivity contribution in [2.45, 2.75) is 13.5 Å². The Kier molecular flexibility index (Phi) is 4.47. The van der Waals surface area contributed by atoms with Crippen LogP contribution in [0.4, 0.5) is 5.69 Å². The van der Waals surface area contributed by atoms with Crippen LogP contribution in [0.3, 0.4) is 0 Å². The number of nitrogens with one attached hydrogen (secondary N) is 1. The zero-order valence-electron chi connectivity index (χ0n) is 10.4. The van der Waals surface area contributed by atoms with Crippen molar-refractivity contribution < 1.29 is 0 Å². The molecule has 0 amide bonds. The van der Waals surface area contributed by atoms with Gasteiger partial charge in [-0.3, -0.25) is 0 Å². The van der Waals surface area contributed by atoms with Crippen LogP contribution < -0.4 is 5.32 Å². The third-order valence-electron chi connectivity index (χ3n) is 2.81. The number of halogens is 2. The average molecular weight is 336 g/mol. The number of rotatable bonds is 3. The van der Waals surface area contributed by atoms with Crippen molar-refractivity contribution in [2.24, 2.45) is 0 Å². The Bertz CT molecular complexity index is 647. The summed E-state index contributed by atoms with van der Waals surface area (Å²) in [5, 5.41) is 12.7. The fourth-order valence-electron chi connectivity index (χ4n) is 1.74. The third kappa shape index (κ3) is 3.50. The highest BCUT2D eigenvalue weighted by Gasteiger charge is 2.02. The van der Waals surface area contributed by atoms with Crippen molar-refractivity contribution in [3.63, 3.8) is 0 Å². The van der Waals surface area contributed by atoms with Crippen LogP contribution in [0, 0.1) is 18.3 Å². The Morgan fingerprint density at radius 3 is 2.74 bits per heavy atom. The first kappa shape index (κ1) is 13.9. The molecule has 0 atom stereocenters. The van der Waals surface area contributed by atoms with Crippen molar-refractivity contribution in [3.05, 3.63) is 62.6 Å². The van der Waals surface area contributed by atoms with Crippen molar-refractivity contribution in [1.29, 1.82) is 5.26 Å². The Balaban J connectivity index is 2.10. The molecule has 0 aromatic heterocycles. The number of hydrogen-bond donors (Lipinski definition) is 1. The highest BCUT2D eigenvalue weighted by molar-refractivity contribution is 9.10. The zero-order chi connectivity index (χ0) is 13.8. The van der Waals surface area contributed by atoms with Crippen LogP contribution in [0.5, 0.6) is 0 Å². The molecule has 0 aliphatic carbocycles. The molecular formula is C15H12BrClN2. The summed E-state index contributed by atoms with van der Waals surface area (Å²) in [5.74, 6) is 0. The Labute approximate surface area is 126 Å². The second kappa shape index (κ2) is 6.10. The minimum absolute atomic E-state index is 0.479. The second-order valence-corrected chi connectivity index (χ2v) is 5.51. The van der Waals surface area contributed by atoms with Crippen molar-refractivity contribution in [3.8, 4) is 6.07 Å². The molecule has 0 unspecified atom stereocenters. The number of benzene rings is 2. The van der Waals surface area contributed by atoms with E-state index in [1.54, 1.807) is 12.1 Å². The van der Waals surface area contributed by atoms with Gasteiger partial charge in [0, 0.05) is 16.7 Å². The monoisotopic (exact) mass is 334 g/mol. The Morgan fingerprint density at radius 2 is 2.05 bits per heavy atom. The van der Waals surface area contributed by atoms with Crippen LogP contribution in [0.25, 0.3) is 0 Å². The smallest absolute Gasteiger partial charge is 0.101 e. The van der Waals surface area contributed by atoms with Gasteiger partial charge < -0.3 is 5.32 Å². The minimum atomic E-state index is 0.479. The molecule has 2 rings (SSSR count). The first-order valence-corrected chi connectivity index (χ1v) is 6.96. The molecule has 0 saturated heterocycles. The predicted octanol–water partition coefficient (Wildman–Crippen LogP) is 4.89. The summed E-state index contributed by atoms with van der Waals surface area (Å²) in [6.45, 7) is 2.77. The number of anilines is 1. The first-order chi connectivity index (χ1) is 9.10. The Hall–Kier alpha value is -1.50. The fourth-order valence-corrected chi connectivity index (χ4v) is 2.15. The van der Waals surface area contributed by atoms with Gasteiger partial charge >= 0.3 is 0 Å². The van der Waals surface area contributed by atoms with Crippen LogP contribution in [-0.4, -0.2) is 0 Å². The maximum atomic E-state index is 8.93. The fraction of sp³-hybridized carbons (Fsp3) is 0.133. The van der Waals surface area contributed by atoms with E-state index in [2.05, 4.69) is 46.4 Å². The lowest BCUT2D eigenvalue weighted by atomic mass is 10.1. The first-order valence-electron chi connectivity index (χ1n) is 5.78. The molecule has 2 aromatic rings. The van der Waals surface area contributed by atoms with Gasteiger partial charge in [-0.25, -0.2) is 0 Å². The molecule has 4 heteroatoms. The van der Waals surface area contributed by atoms with Gasteiger partial charge in [-0.15, -0.1) is 0 Å². The van der Waals surface area contributed by atoms with E-state index < -0.39 is 0 Å². The summed E-state index contributed by atoms with van der Waals surface area (Å²) < 4.78 is 1.11. The number of hydrogen-bond acceptors (Lipinski definition) is 2. The van der Waals surface area contributed by atoms with Gasteiger partial charge in [-0.05, 0) is 42.3 Å². The number of nitriles is 1. The van der Waals surface area contributed by atoms with Crippen molar-refractivity contribution in [1.82, 2.24) is 0 Å². The van der Waals surface area contributed by atoms with Crippen molar-refractivity contribution >= 4 is 33.2 Å². The second-order valence-electron chi connectivity index (χ2n) is 4.24. The van der Waals surface area contributed by atoms with E-state index in [-0.39, 0.29) is 0 Å². The van der Waals surface area contributed by atoms with Gasteiger partial charge in [0.2, 0.25) is 0 Å². The highest BCUT2D eigenvalue weighted by atomic mass is 79.9. The van der Waals surface area contributed by atoms with Gasteiger partial charge in [0.25, 0.3) is 0 Å². The van der Waals surface area contributed by atoms with Crippen LogP contribution in [0.2, 0.25) is 5.02 Å². The molecule has 0 spiro atoms. The maximum Gasteiger partial charge on any atom is 0.101 e. The molecule has 0 aliphatic rings. The van der Waals surface area contributed by atoms with Crippen molar-refractivity contribution in [2.75, 3.05) is 5.32 Å². The van der Waals surface area contributed by atoms with Crippen LogP contribution >= 0.6 is 27.5 Å². The van der Waals surface area contributed by atoms with E-state index in [0.29, 0.717) is 17.1 Å². The quantitative estimate of drug-likeness (QED) is 0.866. The molecule has 0 bridgehead atoms. The molecular weight excluding hydrogens is 324 g/mol. The SMILES string of the molecule is Cc1cc(CNc2ccc(Cl)c(C#N)c2)ccc1Br. The van der Waals surface area contributed by atoms with Crippen LogP contribution in [0.15, 0.2) is 40.9 Å². The summed E-state index contributed by atoms with van der Waals surface area (Å²) in [5.41, 5.74) is 3.77. The molecule has 0 aliphatic heterocycles. The summed E-state index contributed by atoms with van der Waals surface area (Å²) in [6.07, 6.45) is 0. The predicted molar refractivity (Wildman–Crippen MR) is 82.4 cm³/mol. The molecule has 1 N–H and O–H groups in total. The number of nitrogens with zero attached hydrogens (tertiary/aromatic N) is 1. The standard InChI is InChI=1S/C15H12BrClN2/c1-10-6-11(2-4-14(10)16)9-19-13-3-5-15(17)12(7-13)8-18/h2-7,19H,9H2,1H3. The largest absolute Gasteiger partial charge is 0.381 e. The summed E-state index contributed by atoms with van der Waals surface area (Å²) >= 11 is 9.38. The van der Waals surface area contributed by atoms with E-state index in [9.17, 15) is 0 Å². The summed E-state index contributed by atoms with van der Waals surface area (Å²) in [7, 11) is 0. The van der Waals surface area contributed by atoms with E-state index in [1.165, 1.54) is 11.1 Å². The molecule has 0 fully saturated rings. The topological polar surface area (TPSA) is 35.8 Å². The Morgan fingerprint density at radius 1 is 1.26 bits per heavy atom. The molecule has 0 radical (unpaired) electrons. The van der Waals surface area contributed by atoms with E-state index >= 15 is 0 Å². The normalized spacial score (nSPS) is 10.0. The summed E-state index contributed by atoms with van der Waals surface area (Å²) in [6, 6.07) is 13.7. The summed E-state index contributed by atoms with van der Waals surface area (Å²) in [4.78, 5) is 0.